The van der Waals surface area contributed by atoms with Gasteiger partial charge in [-0.15, -0.1) is 0 Å². The molecule has 0 atom stereocenters. The van der Waals surface area contributed by atoms with Gasteiger partial charge < -0.3 is 4.74 Å². The van der Waals surface area contributed by atoms with Crippen molar-refractivity contribution in [2.75, 3.05) is 7.11 Å². The zero-order valence-corrected chi connectivity index (χ0v) is 18.0. The minimum Gasteiger partial charge on any atom is -0.496 e. The molecule has 158 valence electrons. The van der Waals surface area contributed by atoms with E-state index in [0.717, 1.165) is 45.7 Å². The molecular weight excluding hydrogens is 402 g/mol. The smallest absolute Gasteiger partial charge is 0.164 e. The highest BCUT2D eigenvalue weighted by Crippen LogP contribution is 2.37. The largest absolute Gasteiger partial charge is 0.496 e. The minimum atomic E-state index is 0.607. The van der Waals surface area contributed by atoms with Crippen LogP contribution in [0.25, 0.3) is 33.7 Å². The molecule has 2 aromatic carbocycles. The Bertz CT molecular complexity index is 1450. The Morgan fingerprint density at radius 2 is 1.84 bits per heavy atom. The summed E-state index contributed by atoms with van der Waals surface area (Å²) in [5, 5.41) is 9.09. The number of hydrogen-bond acceptors (Lipinski definition) is 5. The van der Waals surface area contributed by atoms with E-state index in [0.29, 0.717) is 17.0 Å². The van der Waals surface area contributed by atoms with Gasteiger partial charge in [0.25, 0.3) is 0 Å². The third-order valence-electron chi connectivity index (χ3n) is 5.48. The molecule has 0 aliphatic rings. The van der Waals surface area contributed by atoms with Crippen LogP contribution in [-0.4, -0.2) is 37.8 Å². The average Bonchev–Trinajstić information content (AvgIpc) is 3.46. The van der Waals surface area contributed by atoms with Crippen LogP contribution in [0.2, 0.25) is 0 Å². The number of carbonyl (C=O) groups is 1. The number of methoxy groups -OCH3 is 1. The third-order valence-corrected chi connectivity index (χ3v) is 5.48. The Labute approximate surface area is 184 Å². The molecule has 5 aromatic rings. The Balaban J connectivity index is 1.76. The van der Waals surface area contributed by atoms with Crippen LogP contribution in [-0.2, 0) is 0 Å². The van der Waals surface area contributed by atoms with E-state index in [9.17, 15) is 4.79 Å². The molecule has 0 amide bonds. The van der Waals surface area contributed by atoms with E-state index in [1.165, 1.54) is 0 Å². The van der Waals surface area contributed by atoms with Crippen LogP contribution in [0, 0.1) is 13.8 Å². The maximum absolute atomic E-state index is 11.7. The van der Waals surface area contributed by atoms with Crippen LogP contribution in [0.5, 0.6) is 5.75 Å². The van der Waals surface area contributed by atoms with Gasteiger partial charge in [-0.1, -0.05) is 24.3 Å². The number of fused-ring (bicyclic) bond motifs is 1. The fourth-order valence-corrected chi connectivity index (χ4v) is 4.04. The van der Waals surface area contributed by atoms with Crippen molar-refractivity contribution in [2.24, 2.45) is 0 Å². The van der Waals surface area contributed by atoms with Crippen molar-refractivity contribution in [3.05, 3.63) is 83.9 Å². The second kappa shape index (κ2) is 7.77. The molecule has 0 N–H and O–H groups in total. The van der Waals surface area contributed by atoms with Gasteiger partial charge in [-0.05, 0) is 38.1 Å². The fourth-order valence-electron chi connectivity index (χ4n) is 4.04. The Hall–Kier alpha value is -4.26. The van der Waals surface area contributed by atoms with Crippen molar-refractivity contribution < 1.29 is 9.53 Å². The average molecular weight is 423 g/mol. The summed E-state index contributed by atoms with van der Waals surface area (Å²) in [4.78, 5) is 16.5. The van der Waals surface area contributed by atoms with E-state index in [1.54, 1.807) is 28.6 Å². The second-order valence-corrected chi connectivity index (χ2v) is 7.52. The lowest BCUT2D eigenvalue weighted by Crippen LogP contribution is -2.01. The molecule has 3 heterocycles. The summed E-state index contributed by atoms with van der Waals surface area (Å²) in [6.07, 6.45) is 4.49. The highest BCUT2D eigenvalue weighted by atomic mass is 16.5. The minimum absolute atomic E-state index is 0.607. The number of carbonyl (C=O) groups excluding carboxylic acids is 1. The molecule has 0 radical (unpaired) electrons. The van der Waals surface area contributed by atoms with Crippen molar-refractivity contribution in [1.82, 2.24) is 24.4 Å². The van der Waals surface area contributed by atoms with Crippen LogP contribution >= 0.6 is 0 Å². The van der Waals surface area contributed by atoms with Crippen LogP contribution in [0.1, 0.15) is 21.7 Å². The molecule has 0 aliphatic heterocycles. The lowest BCUT2D eigenvalue weighted by molar-refractivity contribution is 0.112. The molecule has 0 fully saturated rings. The Kier molecular flexibility index (Phi) is 4.78. The summed E-state index contributed by atoms with van der Waals surface area (Å²) in [6, 6.07) is 17.3. The van der Waals surface area contributed by atoms with Gasteiger partial charge in [-0.3, -0.25) is 4.79 Å². The maximum atomic E-state index is 11.7. The topological polar surface area (TPSA) is 74.3 Å². The highest BCUT2D eigenvalue weighted by Gasteiger charge is 2.21. The van der Waals surface area contributed by atoms with Gasteiger partial charge in [0.2, 0.25) is 0 Å². The molecule has 7 heteroatoms. The van der Waals surface area contributed by atoms with E-state index in [-0.39, 0.29) is 0 Å². The third kappa shape index (κ3) is 3.15. The number of aryl methyl sites for hydroxylation is 2. The molecule has 3 aromatic heterocycles. The van der Waals surface area contributed by atoms with E-state index >= 15 is 0 Å². The van der Waals surface area contributed by atoms with E-state index in [2.05, 4.69) is 5.10 Å². The SMILES string of the molecule is COc1cc(-n2cccn2)ccc1-c1c(C)nn2c(-c3ccccc3C=O)cc(C)nc12. The highest BCUT2D eigenvalue weighted by molar-refractivity contribution is 5.89. The molecule has 0 unspecified atom stereocenters. The number of benzene rings is 2. The molecular formula is C25H21N5O2. The number of nitrogens with zero attached hydrogens (tertiary/aromatic N) is 5. The molecule has 7 nitrogen and oxygen atoms in total. The van der Waals surface area contributed by atoms with Gasteiger partial charge in [0.1, 0.15) is 5.75 Å². The van der Waals surface area contributed by atoms with Crippen molar-refractivity contribution >= 4 is 11.9 Å². The summed E-state index contributed by atoms with van der Waals surface area (Å²) in [5.74, 6) is 0.703. The Morgan fingerprint density at radius 1 is 1.00 bits per heavy atom. The monoisotopic (exact) mass is 423 g/mol. The molecule has 0 aliphatic carbocycles. The number of aldehydes is 1. The van der Waals surface area contributed by atoms with Gasteiger partial charge in [0, 0.05) is 40.8 Å². The lowest BCUT2D eigenvalue weighted by atomic mass is 10.0. The number of ether oxygens (including phenoxy) is 1. The van der Waals surface area contributed by atoms with Gasteiger partial charge in [0.15, 0.2) is 11.9 Å². The molecule has 0 saturated heterocycles. The van der Waals surface area contributed by atoms with Gasteiger partial charge in [-0.2, -0.15) is 10.2 Å². The first-order valence-corrected chi connectivity index (χ1v) is 10.2. The molecule has 0 bridgehead atoms. The number of hydrogen-bond donors (Lipinski definition) is 0. The first-order chi connectivity index (χ1) is 15.6. The fraction of sp³-hybridized carbons (Fsp3) is 0.120. The molecule has 0 saturated carbocycles. The number of aromatic nitrogens is 5. The van der Waals surface area contributed by atoms with Crippen LogP contribution in [0.4, 0.5) is 0 Å². The Morgan fingerprint density at radius 3 is 2.59 bits per heavy atom. The van der Waals surface area contributed by atoms with Crippen LogP contribution in [0.3, 0.4) is 0 Å². The van der Waals surface area contributed by atoms with Crippen molar-refractivity contribution in [3.8, 4) is 33.8 Å². The zero-order chi connectivity index (χ0) is 22.2. The van der Waals surface area contributed by atoms with Crippen molar-refractivity contribution in [2.45, 2.75) is 13.8 Å². The van der Waals surface area contributed by atoms with E-state index in [1.807, 2.05) is 68.6 Å². The van der Waals surface area contributed by atoms with E-state index in [4.69, 9.17) is 14.8 Å². The van der Waals surface area contributed by atoms with E-state index < -0.39 is 0 Å². The second-order valence-electron chi connectivity index (χ2n) is 7.52. The first kappa shape index (κ1) is 19.7. The summed E-state index contributed by atoms with van der Waals surface area (Å²) >= 11 is 0. The van der Waals surface area contributed by atoms with Crippen LogP contribution in [0.15, 0.2) is 67.0 Å². The van der Waals surface area contributed by atoms with Gasteiger partial charge >= 0.3 is 0 Å². The summed E-state index contributed by atoms with van der Waals surface area (Å²) in [6.45, 7) is 3.90. The normalized spacial score (nSPS) is 11.1. The van der Waals surface area contributed by atoms with Gasteiger partial charge in [-0.25, -0.2) is 14.2 Å². The summed E-state index contributed by atoms with van der Waals surface area (Å²) < 4.78 is 9.33. The lowest BCUT2D eigenvalue weighted by Gasteiger charge is -2.12. The van der Waals surface area contributed by atoms with Crippen LogP contribution < -0.4 is 4.74 Å². The summed E-state index contributed by atoms with van der Waals surface area (Å²) in [5.41, 5.74) is 7.28. The first-order valence-electron chi connectivity index (χ1n) is 10.2. The standard InChI is InChI=1S/C25H21N5O2/c1-16-13-22(20-8-5-4-7-18(20)15-31)30-25(27-16)24(17(2)28-30)21-10-9-19(14-23(21)32-3)29-12-6-11-26-29/h4-15H,1-3H3. The molecule has 0 spiro atoms. The molecule has 5 rings (SSSR count). The molecule has 32 heavy (non-hydrogen) atoms. The van der Waals surface area contributed by atoms with Crippen molar-refractivity contribution in [1.29, 1.82) is 0 Å². The zero-order valence-electron chi connectivity index (χ0n) is 18.0. The quantitative estimate of drug-likeness (QED) is 0.384. The van der Waals surface area contributed by atoms with Crippen molar-refractivity contribution in [3.63, 3.8) is 0 Å². The predicted octanol–water partition coefficient (Wildman–Crippen LogP) is 4.69. The predicted molar refractivity (Wildman–Crippen MR) is 122 cm³/mol. The maximum Gasteiger partial charge on any atom is 0.164 e. The van der Waals surface area contributed by atoms with Gasteiger partial charge in [0.05, 0.1) is 29.7 Å². The summed E-state index contributed by atoms with van der Waals surface area (Å²) in [7, 11) is 1.65. The number of rotatable bonds is 5.